The smallest absolute Gasteiger partial charge is 0.416 e. The van der Waals surface area contributed by atoms with Gasteiger partial charge >= 0.3 is 18.2 Å². The number of carboxylic acids is 1. The van der Waals surface area contributed by atoms with Crippen molar-refractivity contribution in [3.8, 4) is 0 Å². The van der Waals surface area contributed by atoms with E-state index in [1.165, 1.54) is 0 Å². The quantitative estimate of drug-likeness (QED) is 0.788. The van der Waals surface area contributed by atoms with Gasteiger partial charge in [0.1, 0.15) is 11.6 Å². The Labute approximate surface area is 130 Å². The van der Waals surface area contributed by atoms with E-state index in [0.717, 1.165) is 6.07 Å². The summed E-state index contributed by atoms with van der Waals surface area (Å²) in [6.07, 6.45) is -5.67. The van der Waals surface area contributed by atoms with Gasteiger partial charge in [-0.1, -0.05) is 6.07 Å². The Morgan fingerprint density at radius 1 is 1.26 bits per heavy atom. The van der Waals surface area contributed by atoms with Crippen LogP contribution in [-0.4, -0.2) is 22.8 Å². The fourth-order valence-electron chi connectivity index (χ4n) is 1.66. The van der Waals surface area contributed by atoms with Crippen LogP contribution in [0.2, 0.25) is 0 Å². The van der Waals surface area contributed by atoms with Crippen LogP contribution < -0.4 is 11.1 Å². The van der Waals surface area contributed by atoms with Gasteiger partial charge in [0.15, 0.2) is 0 Å². The predicted octanol–water partition coefficient (Wildman–Crippen LogP) is 3.14. The van der Waals surface area contributed by atoms with Crippen molar-refractivity contribution in [2.75, 3.05) is 5.32 Å². The lowest BCUT2D eigenvalue weighted by Crippen LogP contribution is -2.29. The van der Waals surface area contributed by atoms with Crippen LogP contribution in [0, 0.1) is 0 Å². The van der Waals surface area contributed by atoms with Crippen LogP contribution in [0.3, 0.4) is 0 Å². The summed E-state index contributed by atoms with van der Waals surface area (Å²) in [6, 6.07) is 0.622. The first kappa shape index (κ1) is 18.8. The van der Waals surface area contributed by atoms with E-state index in [4.69, 9.17) is 15.6 Å². The molecule has 0 saturated heterocycles. The summed E-state index contributed by atoms with van der Waals surface area (Å²) < 4.78 is 43.3. The average molecular weight is 334 g/mol. The summed E-state index contributed by atoms with van der Waals surface area (Å²) in [7, 11) is 0. The summed E-state index contributed by atoms with van der Waals surface area (Å²) in [5.41, 5.74) is 2.96. The minimum atomic E-state index is -4.66. The van der Waals surface area contributed by atoms with Crippen molar-refractivity contribution >= 4 is 17.7 Å². The monoisotopic (exact) mass is 334 g/mol. The molecular formula is C14H17F3N2O4. The van der Waals surface area contributed by atoms with Gasteiger partial charge in [0, 0.05) is 11.3 Å². The van der Waals surface area contributed by atoms with Gasteiger partial charge in [-0.3, -0.25) is 10.1 Å². The first-order valence-electron chi connectivity index (χ1n) is 6.51. The zero-order valence-electron chi connectivity index (χ0n) is 12.7. The van der Waals surface area contributed by atoms with Crippen molar-refractivity contribution in [1.29, 1.82) is 0 Å². The number of alkyl halides is 3. The van der Waals surface area contributed by atoms with Gasteiger partial charge in [-0.05, 0) is 32.9 Å². The van der Waals surface area contributed by atoms with E-state index in [2.05, 4.69) is 5.32 Å². The van der Waals surface area contributed by atoms with Gasteiger partial charge in [0.05, 0.1) is 5.56 Å². The fourth-order valence-corrected chi connectivity index (χ4v) is 1.66. The molecule has 0 radical (unpaired) electrons. The molecule has 1 amide bonds. The molecular weight excluding hydrogens is 317 g/mol. The van der Waals surface area contributed by atoms with Gasteiger partial charge in [-0.2, -0.15) is 13.2 Å². The highest BCUT2D eigenvalue weighted by atomic mass is 19.4. The van der Waals surface area contributed by atoms with Crippen LogP contribution in [0.15, 0.2) is 18.2 Å². The summed E-state index contributed by atoms with van der Waals surface area (Å²) in [6.45, 7) is 4.72. The zero-order valence-corrected chi connectivity index (χ0v) is 12.7. The lowest BCUT2D eigenvalue weighted by atomic mass is 10.0. The number of hydrogen-bond donors (Lipinski definition) is 3. The summed E-state index contributed by atoms with van der Waals surface area (Å²) in [5, 5.41) is 11.0. The standard InChI is InChI=1S/C14H17F3N2O4/c1-13(2,3)23-12(22)19-9-6-7(14(15,16)17)4-5-8(9)10(18)11(20)21/h4-6,10H,18H2,1-3H3,(H,19,22)(H,20,21). The maximum atomic E-state index is 12.8. The van der Waals surface area contributed by atoms with Crippen molar-refractivity contribution in [2.24, 2.45) is 5.73 Å². The number of ether oxygens (including phenoxy) is 1. The van der Waals surface area contributed by atoms with Crippen molar-refractivity contribution in [2.45, 2.75) is 38.6 Å². The van der Waals surface area contributed by atoms with E-state index in [-0.39, 0.29) is 11.3 Å². The largest absolute Gasteiger partial charge is 0.480 e. The highest BCUT2D eigenvalue weighted by Gasteiger charge is 2.32. The normalized spacial score (nSPS) is 13.3. The van der Waals surface area contributed by atoms with Crippen LogP contribution in [0.25, 0.3) is 0 Å². The predicted molar refractivity (Wildman–Crippen MR) is 75.9 cm³/mol. The number of nitrogens with one attached hydrogen (secondary N) is 1. The lowest BCUT2D eigenvalue weighted by molar-refractivity contribution is -0.138. The molecule has 1 rings (SSSR count). The number of rotatable bonds is 3. The molecule has 0 heterocycles. The second kappa shape index (κ2) is 6.45. The average Bonchev–Trinajstić information content (AvgIpc) is 2.34. The minimum absolute atomic E-state index is 0.170. The number of benzene rings is 1. The number of carbonyl (C=O) groups excluding carboxylic acids is 1. The number of amides is 1. The first-order chi connectivity index (χ1) is 10.3. The van der Waals surface area contributed by atoms with Crippen molar-refractivity contribution in [3.63, 3.8) is 0 Å². The van der Waals surface area contributed by atoms with E-state index in [9.17, 15) is 22.8 Å². The number of nitrogens with two attached hydrogens (primary N) is 1. The van der Waals surface area contributed by atoms with Gasteiger partial charge in [0.2, 0.25) is 0 Å². The van der Waals surface area contributed by atoms with Gasteiger partial charge in [-0.15, -0.1) is 0 Å². The van der Waals surface area contributed by atoms with Gasteiger partial charge in [-0.25, -0.2) is 4.79 Å². The number of halogens is 3. The maximum Gasteiger partial charge on any atom is 0.416 e. The Hall–Kier alpha value is -2.29. The molecule has 1 atom stereocenters. The zero-order chi connectivity index (χ0) is 18.0. The van der Waals surface area contributed by atoms with E-state index >= 15 is 0 Å². The van der Waals surface area contributed by atoms with Crippen LogP contribution in [0.5, 0.6) is 0 Å². The molecule has 1 unspecified atom stereocenters. The number of anilines is 1. The molecule has 23 heavy (non-hydrogen) atoms. The van der Waals surface area contributed by atoms with E-state index in [1.54, 1.807) is 20.8 Å². The number of hydrogen-bond acceptors (Lipinski definition) is 4. The third kappa shape index (κ3) is 5.44. The Morgan fingerprint density at radius 2 is 1.83 bits per heavy atom. The number of aliphatic carboxylic acids is 1. The molecule has 0 aromatic heterocycles. The number of carbonyl (C=O) groups is 2. The Kier molecular flexibility index (Phi) is 5.26. The molecule has 0 spiro atoms. The molecule has 4 N–H and O–H groups in total. The van der Waals surface area contributed by atoms with E-state index in [0.29, 0.717) is 12.1 Å². The van der Waals surface area contributed by atoms with Crippen LogP contribution in [0.4, 0.5) is 23.7 Å². The SMILES string of the molecule is CC(C)(C)OC(=O)Nc1cc(C(F)(F)F)ccc1C(N)C(=O)O. The molecule has 0 aliphatic carbocycles. The maximum absolute atomic E-state index is 12.8. The molecule has 0 aliphatic rings. The summed E-state index contributed by atoms with van der Waals surface area (Å²) >= 11 is 0. The molecule has 0 fully saturated rings. The third-order valence-corrected chi connectivity index (χ3v) is 2.62. The molecule has 0 saturated carbocycles. The fraction of sp³-hybridized carbons (Fsp3) is 0.429. The third-order valence-electron chi connectivity index (χ3n) is 2.62. The molecule has 0 aliphatic heterocycles. The number of carboxylic acid groups (broad SMARTS) is 1. The topological polar surface area (TPSA) is 102 Å². The van der Waals surface area contributed by atoms with Crippen molar-refractivity contribution in [1.82, 2.24) is 0 Å². The second-order valence-corrected chi connectivity index (χ2v) is 5.74. The van der Waals surface area contributed by atoms with Crippen molar-refractivity contribution in [3.05, 3.63) is 29.3 Å². The van der Waals surface area contributed by atoms with Crippen LogP contribution in [0.1, 0.15) is 37.9 Å². The first-order valence-corrected chi connectivity index (χ1v) is 6.51. The highest BCUT2D eigenvalue weighted by molar-refractivity contribution is 5.88. The molecule has 1 aromatic carbocycles. The van der Waals surface area contributed by atoms with Crippen LogP contribution in [-0.2, 0) is 15.7 Å². The lowest BCUT2D eigenvalue weighted by Gasteiger charge is -2.21. The minimum Gasteiger partial charge on any atom is -0.480 e. The van der Waals surface area contributed by atoms with Gasteiger partial charge in [0.25, 0.3) is 0 Å². The Balaban J connectivity index is 3.23. The van der Waals surface area contributed by atoms with E-state index < -0.39 is 35.4 Å². The van der Waals surface area contributed by atoms with Crippen LogP contribution >= 0.6 is 0 Å². The molecule has 0 bridgehead atoms. The summed E-state index contributed by atoms with van der Waals surface area (Å²) in [5.74, 6) is -1.45. The molecule has 1 aromatic rings. The van der Waals surface area contributed by atoms with E-state index in [1.807, 2.05) is 0 Å². The second-order valence-electron chi connectivity index (χ2n) is 5.74. The van der Waals surface area contributed by atoms with Gasteiger partial charge < -0.3 is 15.6 Å². The molecule has 128 valence electrons. The Morgan fingerprint density at radius 3 is 2.26 bits per heavy atom. The summed E-state index contributed by atoms with van der Waals surface area (Å²) in [4.78, 5) is 22.7. The highest BCUT2D eigenvalue weighted by Crippen LogP contribution is 2.34. The van der Waals surface area contributed by atoms with Crippen molar-refractivity contribution < 1.29 is 32.6 Å². The molecule has 6 nitrogen and oxygen atoms in total. The Bertz CT molecular complexity index is 609. The molecule has 9 heteroatoms.